The quantitative estimate of drug-likeness (QED) is 0.145. The molecular formula is C78H60F2N4. The number of rotatable bonds is 8. The van der Waals surface area contributed by atoms with Crippen LogP contribution in [0.4, 0.5) is 8.78 Å². The van der Waals surface area contributed by atoms with Crippen LogP contribution in [0.15, 0.2) is 231 Å². The summed E-state index contributed by atoms with van der Waals surface area (Å²) in [5, 5.41) is 9.49. The molecule has 84 heavy (non-hydrogen) atoms. The van der Waals surface area contributed by atoms with Crippen LogP contribution in [0.5, 0.6) is 0 Å². The summed E-state index contributed by atoms with van der Waals surface area (Å²) >= 11 is 0. The third kappa shape index (κ3) is 7.35. The Hall–Kier alpha value is -9.52. The molecule has 4 heterocycles. The van der Waals surface area contributed by atoms with E-state index in [4.69, 9.17) is 0 Å². The molecular weight excluding hydrogens is 1030 g/mol. The first-order valence-electron chi connectivity index (χ1n) is 30.4. The predicted molar refractivity (Wildman–Crippen MR) is 346 cm³/mol. The number of benzene rings is 11. The smallest absolute Gasteiger partial charge is 0.123 e. The fourth-order valence-electron chi connectivity index (χ4n) is 15.8. The summed E-state index contributed by atoms with van der Waals surface area (Å²) in [4.78, 5) is 0. The second-order valence-corrected chi connectivity index (χ2v) is 23.8. The van der Waals surface area contributed by atoms with E-state index in [0.717, 1.165) is 141 Å². The molecule has 0 radical (unpaired) electrons. The Kier molecular flexibility index (Phi) is 11.4. The van der Waals surface area contributed by atoms with E-state index in [0.29, 0.717) is 0 Å². The number of nitrogens with zero attached hydrogens (tertiary/aromatic N) is 4. The number of halogens is 2. The summed E-state index contributed by atoms with van der Waals surface area (Å²) in [7, 11) is 0. The fraction of sp³-hybridized carbons (Fsp3) is 0.154. The normalized spacial score (nSPS) is 14.7. The van der Waals surface area contributed by atoms with Gasteiger partial charge in [0.05, 0.1) is 55.5 Å². The second-order valence-electron chi connectivity index (χ2n) is 23.8. The standard InChI is InChI=1S/C78H60F2N4/c79-53-41-37-51(38-42-53)70-69(49-21-5-1-6-22-49)71(52-39-43-54(80)44-40-52)78(84-64-34-18-14-30-58(64)60-46-48-68-74(76(60)84)62-32-16-20-36-66(62)82(68)56-27-11-4-12-28-56)72(50-23-7-2-8-24-50)77(70)83-63-33-17-13-29-57(63)59-45-47-67-73(75(59)83)61-31-15-19-35-65(61)81(67)55-25-9-3-10-26-55/h3-4,9-20,25-50H,1-2,5-8,21-24H2. The number of fused-ring (bicyclic) bond motifs is 14. The van der Waals surface area contributed by atoms with Gasteiger partial charge < -0.3 is 18.3 Å². The molecule has 406 valence electrons. The zero-order chi connectivity index (χ0) is 55.6. The molecule has 0 atom stereocenters. The highest BCUT2D eigenvalue weighted by molar-refractivity contribution is 6.28. The van der Waals surface area contributed by atoms with Gasteiger partial charge in [-0.3, -0.25) is 0 Å². The first-order chi connectivity index (χ1) is 41.6. The summed E-state index contributed by atoms with van der Waals surface area (Å²) in [5.41, 5.74) is 20.5. The Balaban J connectivity index is 1.17. The van der Waals surface area contributed by atoms with Crippen molar-refractivity contribution < 1.29 is 8.78 Å². The molecule has 0 N–H and O–H groups in total. The zero-order valence-electron chi connectivity index (χ0n) is 46.7. The van der Waals surface area contributed by atoms with Crippen LogP contribution in [0.25, 0.3) is 132 Å². The van der Waals surface area contributed by atoms with E-state index in [9.17, 15) is 0 Å². The van der Waals surface area contributed by atoms with Gasteiger partial charge in [0.25, 0.3) is 0 Å². The van der Waals surface area contributed by atoms with Crippen molar-refractivity contribution in [3.63, 3.8) is 0 Å². The lowest BCUT2D eigenvalue weighted by atomic mass is 9.72. The number of hydrogen-bond donors (Lipinski definition) is 0. The van der Waals surface area contributed by atoms with Gasteiger partial charge in [0.2, 0.25) is 0 Å². The van der Waals surface area contributed by atoms with E-state index >= 15 is 8.78 Å². The van der Waals surface area contributed by atoms with Gasteiger partial charge >= 0.3 is 0 Å². The molecule has 15 aromatic rings. The Morgan fingerprint density at radius 3 is 1.02 bits per heavy atom. The number of aromatic nitrogens is 4. The van der Waals surface area contributed by atoms with Gasteiger partial charge in [-0.05, 0) is 139 Å². The molecule has 0 spiro atoms. The van der Waals surface area contributed by atoms with Crippen molar-refractivity contribution in [2.45, 2.75) is 76.0 Å². The maximum absolute atomic E-state index is 15.9. The molecule has 2 fully saturated rings. The maximum atomic E-state index is 15.9. The predicted octanol–water partition coefficient (Wildman–Crippen LogP) is 21.8. The minimum atomic E-state index is -0.265. The average Bonchev–Trinajstić information content (AvgIpc) is 1.49. The van der Waals surface area contributed by atoms with Gasteiger partial charge in [0.1, 0.15) is 11.6 Å². The lowest BCUT2D eigenvalue weighted by Gasteiger charge is -2.37. The van der Waals surface area contributed by atoms with E-state index in [2.05, 4.69) is 200 Å². The van der Waals surface area contributed by atoms with Crippen LogP contribution < -0.4 is 0 Å². The lowest BCUT2D eigenvalue weighted by molar-refractivity contribution is 0.439. The lowest BCUT2D eigenvalue weighted by Crippen LogP contribution is -2.19. The van der Waals surface area contributed by atoms with Crippen molar-refractivity contribution in [3.05, 3.63) is 253 Å². The van der Waals surface area contributed by atoms with Crippen LogP contribution in [-0.4, -0.2) is 18.3 Å². The first-order valence-corrected chi connectivity index (χ1v) is 30.4. The number of hydrogen-bond acceptors (Lipinski definition) is 0. The van der Waals surface area contributed by atoms with Crippen molar-refractivity contribution in [2.75, 3.05) is 0 Å². The van der Waals surface area contributed by atoms with Gasteiger partial charge in [-0.25, -0.2) is 8.78 Å². The minimum absolute atomic E-state index is 0.102. The summed E-state index contributed by atoms with van der Waals surface area (Å²) in [6.07, 6.45) is 10.7. The van der Waals surface area contributed by atoms with Crippen molar-refractivity contribution in [3.8, 4) is 45.0 Å². The molecule has 0 aliphatic heterocycles. The third-order valence-electron chi connectivity index (χ3n) is 19.2. The largest absolute Gasteiger partial charge is 0.309 e. The fourth-order valence-corrected chi connectivity index (χ4v) is 15.8. The molecule has 0 bridgehead atoms. The molecule has 4 nitrogen and oxygen atoms in total. The van der Waals surface area contributed by atoms with Gasteiger partial charge in [-0.15, -0.1) is 0 Å². The van der Waals surface area contributed by atoms with Crippen LogP contribution in [-0.2, 0) is 0 Å². The van der Waals surface area contributed by atoms with Crippen LogP contribution in [0, 0.1) is 11.6 Å². The average molecular weight is 1090 g/mol. The van der Waals surface area contributed by atoms with Gasteiger partial charge in [0.15, 0.2) is 0 Å². The zero-order valence-corrected chi connectivity index (χ0v) is 46.7. The molecule has 0 unspecified atom stereocenters. The van der Waals surface area contributed by atoms with E-state index in [1.54, 1.807) is 24.3 Å². The monoisotopic (exact) mass is 1090 g/mol. The van der Waals surface area contributed by atoms with Crippen LogP contribution >= 0.6 is 0 Å². The molecule has 6 heteroatoms. The van der Waals surface area contributed by atoms with Crippen LogP contribution in [0.3, 0.4) is 0 Å². The van der Waals surface area contributed by atoms with Gasteiger partial charge in [0, 0.05) is 71.2 Å². The first kappa shape index (κ1) is 49.1. The molecule has 0 saturated heterocycles. The van der Waals surface area contributed by atoms with E-state index < -0.39 is 0 Å². The minimum Gasteiger partial charge on any atom is -0.309 e. The second kappa shape index (κ2) is 19.6. The van der Waals surface area contributed by atoms with E-state index in [1.165, 1.54) is 67.1 Å². The highest BCUT2D eigenvalue weighted by atomic mass is 19.1. The summed E-state index contributed by atoms with van der Waals surface area (Å²) in [6.45, 7) is 0. The summed E-state index contributed by atoms with van der Waals surface area (Å²) < 4.78 is 42.1. The Bertz CT molecular complexity index is 4780. The molecule has 0 amide bonds. The topological polar surface area (TPSA) is 19.7 Å². The van der Waals surface area contributed by atoms with Crippen LogP contribution in [0.2, 0.25) is 0 Å². The Morgan fingerprint density at radius 2 is 0.619 bits per heavy atom. The van der Waals surface area contributed by atoms with E-state index in [-0.39, 0.29) is 23.5 Å². The van der Waals surface area contributed by atoms with E-state index in [1.807, 2.05) is 24.3 Å². The number of para-hydroxylation sites is 6. The van der Waals surface area contributed by atoms with Crippen LogP contribution in [0.1, 0.15) is 87.2 Å². The molecule has 4 aromatic heterocycles. The highest BCUT2D eigenvalue weighted by Gasteiger charge is 2.38. The van der Waals surface area contributed by atoms with Gasteiger partial charge in [-0.1, -0.05) is 184 Å². The summed E-state index contributed by atoms with van der Waals surface area (Å²) in [6, 6.07) is 81.9. The van der Waals surface area contributed by atoms with Crippen molar-refractivity contribution in [1.29, 1.82) is 0 Å². The van der Waals surface area contributed by atoms with Crippen molar-refractivity contribution in [1.82, 2.24) is 18.3 Å². The molecule has 17 rings (SSSR count). The highest BCUT2D eigenvalue weighted by Crippen LogP contribution is 2.57. The third-order valence-corrected chi connectivity index (χ3v) is 19.2. The van der Waals surface area contributed by atoms with Gasteiger partial charge in [-0.2, -0.15) is 0 Å². The Labute approximate surface area is 486 Å². The molecule has 2 aliphatic rings. The summed E-state index contributed by atoms with van der Waals surface area (Å²) in [5.74, 6) is -0.306. The SMILES string of the molecule is Fc1ccc(-c2c(C3CCCCC3)c(-c3ccc(F)cc3)c(-n3c4ccccc4c4ccc5c(c6ccccc6n5-c5ccccc5)c43)c(C3CCCCC3)c2-n2c3ccccc3c3ccc4c(c5ccccc5n4-c4ccccc4)c32)cc1. The van der Waals surface area contributed by atoms with Crippen molar-refractivity contribution >= 4 is 87.2 Å². The van der Waals surface area contributed by atoms with Crippen molar-refractivity contribution in [2.24, 2.45) is 0 Å². The maximum Gasteiger partial charge on any atom is 0.123 e. The Morgan fingerprint density at radius 1 is 0.274 bits per heavy atom. The molecule has 11 aromatic carbocycles. The molecule has 2 saturated carbocycles. The molecule has 2 aliphatic carbocycles.